The highest BCUT2D eigenvalue weighted by Gasteiger charge is 2.35. The van der Waals surface area contributed by atoms with Crippen LogP contribution in [0, 0.1) is 11.6 Å². The second-order valence-electron chi connectivity index (χ2n) is 5.50. The molecule has 0 saturated heterocycles. The first-order chi connectivity index (χ1) is 12.5. The van der Waals surface area contributed by atoms with Crippen molar-refractivity contribution in [3.8, 4) is 11.5 Å². The molecule has 0 bridgehead atoms. The Morgan fingerprint density at radius 3 is 1.81 bits per heavy atom. The Morgan fingerprint density at radius 1 is 1.04 bits per heavy atom. The number of carbonyl (C=O) groups excluding carboxylic acids is 2. The van der Waals surface area contributed by atoms with Gasteiger partial charge >= 0.3 is 0 Å². The lowest BCUT2D eigenvalue weighted by Crippen LogP contribution is -2.18. The molecule has 2 aromatic rings. The molecule has 6 nitrogen and oxygen atoms in total. The van der Waals surface area contributed by atoms with Gasteiger partial charge in [-0.15, -0.1) is 0 Å². The third-order valence-electron chi connectivity index (χ3n) is 3.59. The third-order valence-corrected chi connectivity index (χ3v) is 4.51. The van der Waals surface area contributed by atoms with Gasteiger partial charge in [0, 0.05) is 0 Å². The molecular formula is C18H14F2O6S. The van der Waals surface area contributed by atoms with Crippen molar-refractivity contribution in [3.63, 3.8) is 0 Å². The number of Topliss-reactive ketones (excluding diaryl/α,β-unsaturated/α-hetero) is 2. The van der Waals surface area contributed by atoms with Crippen molar-refractivity contribution in [3.05, 3.63) is 59.2 Å². The van der Waals surface area contributed by atoms with E-state index in [0.29, 0.717) is 5.56 Å². The molecule has 0 aliphatic heterocycles. The SMILES string of the molecule is C=Cc1ccc(Oc2c(F)c(C(C)=O)c(S(=O)(=O)O)c(C(C)=O)c2F)cc1. The van der Waals surface area contributed by atoms with Crippen LogP contribution in [0.3, 0.4) is 0 Å². The number of halogens is 2. The minimum Gasteiger partial charge on any atom is -0.451 e. The van der Waals surface area contributed by atoms with E-state index >= 15 is 0 Å². The fourth-order valence-corrected chi connectivity index (χ4v) is 3.40. The molecule has 142 valence electrons. The topological polar surface area (TPSA) is 97.7 Å². The van der Waals surface area contributed by atoms with Crippen molar-refractivity contribution >= 4 is 27.8 Å². The number of ether oxygens (including phenoxy) is 1. The van der Waals surface area contributed by atoms with Crippen LogP contribution in [-0.2, 0) is 10.1 Å². The average molecular weight is 396 g/mol. The first kappa shape index (κ1) is 20.4. The van der Waals surface area contributed by atoms with E-state index < -0.39 is 55.1 Å². The van der Waals surface area contributed by atoms with Gasteiger partial charge in [-0.05, 0) is 31.5 Å². The Morgan fingerprint density at radius 2 is 1.48 bits per heavy atom. The predicted molar refractivity (Wildman–Crippen MR) is 92.8 cm³/mol. The van der Waals surface area contributed by atoms with Gasteiger partial charge in [0.05, 0.1) is 11.1 Å². The summed E-state index contributed by atoms with van der Waals surface area (Å²) in [7, 11) is -5.29. The molecule has 0 aliphatic carbocycles. The standard InChI is InChI=1S/C18H14F2O6S/c1-4-11-5-7-12(8-6-11)26-17-15(19)13(9(2)21)18(27(23,24)25)14(10(3)22)16(17)20/h4-8H,1H2,2-3H3,(H,23,24,25). The highest BCUT2D eigenvalue weighted by molar-refractivity contribution is 7.86. The van der Waals surface area contributed by atoms with E-state index in [-0.39, 0.29) is 5.75 Å². The molecule has 1 N–H and O–H groups in total. The van der Waals surface area contributed by atoms with Crippen molar-refractivity contribution in [2.45, 2.75) is 18.7 Å². The quantitative estimate of drug-likeness (QED) is 0.584. The highest BCUT2D eigenvalue weighted by atomic mass is 32.2. The van der Waals surface area contributed by atoms with Gasteiger partial charge in [0.15, 0.2) is 29.0 Å². The van der Waals surface area contributed by atoms with Gasteiger partial charge in [-0.3, -0.25) is 14.1 Å². The summed E-state index contributed by atoms with van der Waals surface area (Å²) in [6.07, 6.45) is 1.52. The summed E-state index contributed by atoms with van der Waals surface area (Å²) in [5.41, 5.74) is -1.64. The zero-order valence-electron chi connectivity index (χ0n) is 14.2. The predicted octanol–water partition coefficient (Wildman–Crippen LogP) is 4.05. The molecule has 0 amide bonds. The van der Waals surface area contributed by atoms with E-state index in [2.05, 4.69) is 6.58 Å². The van der Waals surface area contributed by atoms with Gasteiger partial charge < -0.3 is 4.74 Å². The van der Waals surface area contributed by atoms with Crippen LogP contribution < -0.4 is 4.74 Å². The second kappa shape index (κ2) is 7.37. The lowest BCUT2D eigenvalue weighted by Gasteiger charge is -2.16. The van der Waals surface area contributed by atoms with Crippen LogP contribution in [0.4, 0.5) is 8.78 Å². The van der Waals surface area contributed by atoms with Crippen LogP contribution in [0.15, 0.2) is 35.7 Å². The lowest BCUT2D eigenvalue weighted by atomic mass is 10.0. The molecule has 0 atom stereocenters. The summed E-state index contributed by atoms with van der Waals surface area (Å²) in [6.45, 7) is 5.16. The maximum atomic E-state index is 14.8. The van der Waals surface area contributed by atoms with Crippen LogP contribution in [0.5, 0.6) is 11.5 Å². The molecule has 0 spiro atoms. The van der Waals surface area contributed by atoms with E-state index in [0.717, 1.165) is 13.8 Å². The summed E-state index contributed by atoms with van der Waals surface area (Å²) in [6, 6.07) is 5.77. The molecule has 0 aromatic heterocycles. The minimum atomic E-state index is -5.29. The highest BCUT2D eigenvalue weighted by Crippen LogP contribution is 2.37. The van der Waals surface area contributed by atoms with E-state index in [4.69, 9.17) is 4.74 Å². The average Bonchev–Trinajstić information content (AvgIpc) is 2.57. The number of hydrogen-bond acceptors (Lipinski definition) is 5. The molecule has 0 fully saturated rings. The maximum absolute atomic E-state index is 14.8. The summed E-state index contributed by atoms with van der Waals surface area (Å²) >= 11 is 0. The molecule has 2 rings (SSSR count). The number of hydrogen-bond donors (Lipinski definition) is 1. The molecule has 0 unspecified atom stereocenters. The number of rotatable bonds is 6. The fraction of sp³-hybridized carbons (Fsp3) is 0.111. The van der Waals surface area contributed by atoms with Gasteiger partial charge in [-0.1, -0.05) is 24.8 Å². The van der Waals surface area contributed by atoms with Crippen LogP contribution in [0.1, 0.15) is 40.1 Å². The van der Waals surface area contributed by atoms with Gasteiger partial charge in [-0.25, -0.2) is 8.78 Å². The Kier molecular flexibility index (Phi) is 5.57. The van der Waals surface area contributed by atoms with Crippen LogP contribution in [0.2, 0.25) is 0 Å². The molecule has 0 heterocycles. The lowest BCUT2D eigenvalue weighted by molar-refractivity contribution is 0.100. The van der Waals surface area contributed by atoms with Gasteiger partial charge in [0.25, 0.3) is 10.1 Å². The normalized spacial score (nSPS) is 11.1. The van der Waals surface area contributed by atoms with Gasteiger partial charge in [0.1, 0.15) is 10.6 Å². The Labute approximate surface area is 153 Å². The van der Waals surface area contributed by atoms with Crippen molar-refractivity contribution in [2.24, 2.45) is 0 Å². The van der Waals surface area contributed by atoms with E-state index in [9.17, 15) is 31.3 Å². The zero-order chi connectivity index (χ0) is 20.5. The number of carbonyl (C=O) groups is 2. The number of benzene rings is 2. The first-order valence-corrected chi connectivity index (χ1v) is 8.87. The fourth-order valence-electron chi connectivity index (χ4n) is 2.41. The molecule has 27 heavy (non-hydrogen) atoms. The van der Waals surface area contributed by atoms with Gasteiger partial charge in [-0.2, -0.15) is 8.42 Å². The summed E-state index contributed by atoms with van der Waals surface area (Å²) < 4.78 is 67.2. The molecule has 2 aromatic carbocycles. The van der Waals surface area contributed by atoms with Crippen LogP contribution in [-0.4, -0.2) is 24.5 Å². The Balaban J connectivity index is 2.84. The van der Waals surface area contributed by atoms with Crippen molar-refractivity contribution in [1.82, 2.24) is 0 Å². The second-order valence-corrected chi connectivity index (χ2v) is 6.86. The molecule has 0 aliphatic rings. The van der Waals surface area contributed by atoms with Crippen LogP contribution in [0.25, 0.3) is 6.08 Å². The molecule has 9 heteroatoms. The minimum absolute atomic E-state index is 0.0398. The molecule has 0 saturated carbocycles. The largest absolute Gasteiger partial charge is 0.451 e. The summed E-state index contributed by atoms with van der Waals surface area (Å²) in [5, 5.41) is 0. The van der Waals surface area contributed by atoms with Gasteiger partial charge in [0.2, 0.25) is 0 Å². The van der Waals surface area contributed by atoms with Crippen molar-refractivity contribution in [2.75, 3.05) is 0 Å². The Hall–Kier alpha value is -2.91. The first-order valence-electron chi connectivity index (χ1n) is 7.43. The Bertz CT molecular complexity index is 1020. The summed E-state index contributed by atoms with van der Waals surface area (Å²) in [5.74, 6) is -6.76. The third kappa shape index (κ3) is 3.93. The van der Waals surface area contributed by atoms with E-state index in [1.54, 1.807) is 0 Å². The van der Waals surface area contributed by atoms with Crippen LogP contribution >= 0.6 is 0 Å². The zero-order valence-corrected chi connectivity index (χ0v) is 15.1. The molecular weight excluding hydrogens is 382 g/mol. The monoisotopic (exact) mass is 396 g/mol. The van der Waals surface area contributed by atoms with Crippen molar-refractivity contribution in [1.29, 1.82) is 0 Å². The smallest absolute Gasteiger partial charge is 0.296 e. The summed E-state index contributed by atoms with van der Waals surface area (Å²) in [4.78, 5) is 22.2. The van der Waals surface area contributed by atoms with E-state index in [1.807, 2.05) is 0 Å². The number of ketones is 2. The van der Waals surface area contributed by atoms with Crippen molar-refractivity contribution < 1.29 is 36.1 Å². The maximum Gasteiger partial charge on any atom is 0.296 e. The molecule has 0 radical (unpaired) electrons. The van der Waals surface area contributed by atoms with E-state index in [1.165, 1.54) is 30.3 Å².